The predicted molar refractivity (Wildman–Crippen MR) is 106 cm³/mol. The molecular formula is C20H20N4O6. The van der Waals surface area contributed by atoms with Crippen molar-refractivity contribution >= 4 is 17.4 Å². The van der Waals surface area contributed by atoms with Crippen LogP contribution in [0.15, 0.2) is 42.5 Å². The van der Waals surface area contributed by atoms with Crippen LogP contribution >= 0.6 is 0 Å². The first-order valence-corrected chi connectivity index (χ1v) is 8.80. The van der Waals surface area contributed by atoms with Crippen LogP contribution in [0.4, 0.5) is 5.69 Å². The highest BCUT2D eigenvalue weighted by Gasteiger charge is 2.27. The Morgan fingerprint density at radius 1 is 1.10 bits per heavy atom. The Hall–Kier alpha value is -3.92. The third-order valence-corrected chi connectivity index (χ3v) is 4.26. The van der Waals surface area contributed by atoms with Crippen LogP contribution in [0, 0.1) is 0 Å². The van der Waals surface area contributed by atoms with Gasteiger partial charge in [0.05, 0.1) is 13.7 Å². The van der Waals surface area contributed by atoms with Crippen LogP contribution in [-0.4, -0.2) is 52.9 Å². The molecule has 1 aromatic heterocycles. The van der Waals surface area contributed by atoms with Gasteiger partial charge in [-0.05, 0) is 29.8 Å². The number of aromatic nitrogens is 3. The molecule has 30 heavy (non-hydrogen) atoms. The molecule has 10 nitrogen and oxygen atoms in total. The molecule has 10 heteroatoms. The second kappa shape index (κ2) is 9.05. The number of aromatic carboxylic acids is 1. The number of ketones is 1. The van der Waals surface area contributed by atoms with Gasteiger partial charge in [-0.15, -0.1) is 5.10 Å². The number of anilines is 1. The molecule has 0 atom stereocenters. The number of nitrogen functional groups attached to an aromatic ring is 1. The predicted octanol–water partition coefficient (Wildman–Crippen LogP) is 1.83. The molecule has 0 aliphatic heterocycles. The van der Waals surface area contributed by atoms with Gasteiger partial charge in [0.25, 0.3) is 0 Å². The number of rotatable bonds is 9. The molecule has 0 fully saturated rings. The lowest BCUT2D eigenvalue weighted by Gasteiger charge is -2.11. The number of hydrogen-bond donors (Lipinski definition) is 2. The first-order valence-electron chi connectivity index (χ1n) is 8.80. The van der Waals surface area contributed by atoms with Crippen molar-refractivity contribution in [1.82, 2.24) is 15.0 Å². The first kappa shape index (κ1) is 20.8. The van der Waals surface area contributed by atoms with Gasteiger partial charge in [-0.1, -0.05) is 17.3 Å². The molecule has 0 aliphatic rings. The molecule has 156 valence electrons. The average Bonchev–Trinajstić information content (AvgIpc) is 3.16. The fourth-order valence-corrected chi connectivity index (χ4v) is 2.79. The summed E-state index contributed by atoms with van der Waals surface area (Å²) >= 11 is 0. The van der Waals surface area contributed by atoms with Crippen molar-refractivity contribution in [2.24, 2.45) is 0 Å². The number of nitrogens with two attached hydrogens (primary N) is 1. The lowest BCUT2D eigenvalue weighted by molar-refractivity contribution is 0.0511. The van der Waals surface area contributed by atoms with Crippen LogP contribution in [0.2, 0.25) is 0 Å². The average molecular weight is 412 g/mol. The summed E-state index contributed by atoms with van der Waals surface area (Å²) in [6.07, 6.45) is 0. The molecule has 0 spiro atoms. The van der Waals surface area contributed by atoms with E-state index in [1.54, 1.807) is 37.4 Å². The van der Waals surface area contributed by atoms with Gasteiger partial charge in [-0.3, -0.25) is 4.79 Å². The summed E-state index contributed by atoms with van der Waals surface area (Å²) in [5, 5.41) is 17.0. The summed E-state index contributed by atoms with van der Waals surface area (Å²) in [4.78, 5) is 24.8. The maximum absolute atomic E-state index is 13.2. The van der Waals surface area contributed by atoms with E-state index in [2.05, 4.69) is 10.3 Å². The second-order valence-corrected chi connectivity index (χ2v) is 6.23. The van der Waals surface area contributed by atoms with Crippen LogP contribution in [0.3, 0.4) is 0 Å². The fraction of sp³-hybridized carbons (Fsp3) is 0.200. The van der Waals surface area contributed by atoms with Gasteiger partial charge < -0.3 is 25.1 Å². The summed E-state index contributed by atoms with van der Waals surface area (Å²) in [5.74, 6) is -0.891. The molecule has 0 radical (unpaired) electrons. The largest absolute Gasteiger partial charge is 0.497 e. The van der Waals surface area contributed by atoms with E-state index in [1.807, 2.05) is 0 Å². The van der Waals surface area contributed by atoms with Crippen molar-refractivity contribution in [3.8, 4) is 11.5 Å². The summed E-state index contributed by atoms with van der Waals surface area (Å²) in [6.45, 7) is 0.161. The van der Waals surface area contributed by atoms with E-state index in [1.165, 1.54) is 23.9 Å². The topological polar surface area (TPSA) is 139 Å². The Kier molecular flexibility index (Phi) is 6.28. The van der Waals surface area contributed by atoms with E-state index in [9.17, 15) is 14.7 Å². The van der Waals surface area contributed by atoms with Gasteiger partial charge in [0.1, 0.15) is 17.2 Å². The minimum Gasteiger partial charge on any atom is -0.497 e. The molecule has 3 rings (SSSR count). The molecule has 0 bridgehead atoms. The van der Waals surface area contributed by atoms with Gasteiger partial charge in [-0.25, -0.2) is 9.48 Å². The van der Waals surface area contributed by atoms with Crippen molar-refractivity contribution in [1.29, 1.82) is 0 Å². The van der Waals surface area contributed by atoms with Gasteiger partial charge >= 0.3 is 5.97 Å². The molecule has 0 unspecified atom stereocenters. The zero-order valence-corrected chi connectivity index (χ0v) is 16.4. The molecule has 3 N–H and O–H groups in total. The maximum Gasteiger partial charge on any atom is 0.358 e. The Bertz CT molecular complexity index is 1060. The highest BCUT2D eigenvalue weighted by molar-refractivity contribution is 6.15. The highest BCUT2D eigenvalue weighted by Crippen LogP contribution is 2.24. The fourth-order valence-electron chi connectivity index (χ4n) is 2.79. The van der Waals surface area contributed by atoms with Crippen molar-refractivity contribution in [3.05, 3.63) is 65.0 Å². The van der Waals surface area contributed by atoms with Crippen LogP contribution in [0.5, 0.6) is 11.5 Å². The Balaban J connectivity index is 1.96. The second-order valence-electron chi connectivity index (χ2n) is 6.23. The van der Waals surface area contributed by atoms with Crippen LogP contribution in [0.1, 0.15) is 32.1 Å². The number of ether oxygens (including phenoxy) is 3. The zero-order chi connectivity index (χ0) is 21.7. The van der Waals surface area contributed by atoms with Gasteiger partial charge in [-0.2, -0.15) is 0 Å². The van der Waals surface area contributed by atoms with E-state index >= 15 is 0 Å². The van der Waals surface area contributed by atoms with Gasteiger partial charge in [0.2, 0.25) is 11.5 Å². The van der Waals surface area contributed by atoms with E-state index in [4.69, 9.17) is 19.9 Å². The highest BCUT2D eigenvalue weighted by atomic mass is 16.7. The normalized spacial score (nSPS) is 10.6. The van der Waals surface area contributed by atoms with Crippen molar-refractivity contribution in [3.63, 3.8) is 0 Å². The summed E-state index contributed by atoms with van der Waals surface area (Å²) in [6, 6.07) is 11.5. The first-order chi connectivity index (χ1) is 14.4. The number of carboxylic acids is 1. The number of hydrogen-bond acceptors (Lipinski definition) is 8. The third kappa shape index (κ3) is 4.39. The van der Waals surface area contributed by atoms with E-state index in [-0.39, 0.29) is 30.3 Å². The number of nitrogens with zero attached hydrogens (tertiary/aromatic N) is 3. The molecule has 2 aromatic carbocycles. The van der Waals surface area contributed by atoms with Gasteiger partial charge in [0, 0.05) is 24.4 Å². The lowest BCUT2D eigenvalue weighted by Crippen LogP contribution is -2.17. The van der Waals surface area contributed by atoms with E-state index < -0.39 is 17.4 Å². The minimum absolute atomic E-state index is 0.0223. The Labute approximate surface area is 171 Å². The Morgan fingerprint density at radius 3 is 2.40 bits per heavy atom. The van der Waals surface area contributed by atoms with Crippen molar-refractivity contribution in [2.75, 3.05) is 26.7 Å². The molecule has 0 amide bonds. The number of carbonyl (C=O) groups is 2. The molecule has 3 aromatic rings. The van der Waals surface area contributed by atoms with E-state index in [0.717, 1.165) is 5.56 Å². The number of benzene rings is 2. The smallest absolute Gasteiger partial charge is 0.358 e. The van der Waals surface area contributed by atoms with Crippen LogP contribution < -0.4 is 15.2 Å². The molecular weight excluding hydrogens is 392 g/mol. The summed E-state index contributed by atoms with van der Waals surface area (Å²) in [7, 11) is 3.03. The molecule has 0 saturated carbocycles. The third-order valence-electron chi connectivity index (χ3n) is 4.26. The maximum atomic E-state index is 13.2. The van der Waals surface area contributed by atoms with Crippen LogP contribution in [0.25, 0.3) is 0 Å². The van der Waals surface area contributed by atoms with E-state index in [0.29, 0.717) is 11.5 Å². The van der Waals surface area contributed by atoms with Crippen molar-refractivity contribution < 1.29 is 28.9 Å². The monoisotopic (exact) mass is 412 g/mol. The molecule has 0 aliphatic carbocycles. The lowest BCUT2D eigenvalue weighted by atomic mass is 10.0. The number of carboxylic acid groups (broad SMARTS) is 1. The quantitative estimate of drug-likeness (QED) is 0.306. The SMILES string of the molecule is COCOc1ccc(C(=O)c2c(C(=O)O)nnn2Cc2ccc(OC)cc2)c(N)c1. The molecule has 0 saturated heterocycles. The molecule has 1 heterocycles. The minimum atomic E-state index is -1.36. The Morgan fingerprint density at radius 2 is 1.80 bits per heavy atom. The van der Waals surface area contributed by atoms with Gasteiger partial charge in [0.15, 0.2) is 6.79 Å². The number of methoxy groups -OCH3 is 2. The van der Waals surface area contributed by atoms with Crippen LogP contribution in [-0.2, 0) is 11.3 Å². The van der Waals surface area contributed by atoms with Crippen molar-refractivity contribution in [2.45, 2.75) is 6.54 Å². The zero-order valence-electron chi connectivity index (χ0n) is 16.4. The summed E-state index contributed by atoms with van der Waals surface area (Å²) < 4.78 is 16.5. The summed E-state index contributed by atoms with van der Waals surface area (Å²) in [5.41, 5.74) is 6.40. The standard InChI is InChI=1S/C20H20N4O6/c1-28-11-30-14-7-8-15(16(21)9-14)19(25)18-17(20(26)27)22-23-24(18)10-12-3-5-13(29-2)6-4-12/h3-9H,10-11,21H2,1-2H3,(H,26,27). The number of carbonyl (C=O) groups excluding carboxylic acids is 1.